The van der Waals surface area contributed by atoms with Gasteiger partial charge in [-0.05, 0) is 50.2 Å². The van der Waals surface area contributed by atoms with Crippen molar-refractivity contribution in [2.24, 2.45) is 5.92 Å². The SMILES string of the molecule is COc1ccc2c(O[C@@H]3C[C@H]4C(=O)N[C@]5(C(=O)NS(=O)(=O)C6CCC6)C[C@H]5CCCCCCC[C@H](NC(=O)O)C(=O)N4C3)cc(-c3ccccc3)nc2c1. The lowest BCUT2D eigenvalue weighted by Gasteiger charge is -2.30. The van der Waals surface area contributed by atoms with Gasteiger partial charge in [-0.2, -0.15) is 0 Å². The van der Waals surface area contributed by atoms with Crippen LogP contribution in [0.4, 0.5) is 4.79 Å². The van der Waals surface area contributed by atoms with Gasteiger partial charge in [-0.3, -0.25) is 19.1 Å². The van der Waals surface area contributed by atoms with E-state index in [1.54, 1.807) is 19.2 Å². The van der Waals surface area contributed by atoms with Crippen molar-refractivity contribution in [2.45, 2.75) is 106 Å². The Hall–Kier alpha value is -4.92. The molecule has 3 aromatic rings. The van der Waals surface area contributed by atoms with Crippen LogP contribution in [0.1, 0.15) is 77.0 Å². The number of carbonyl (C=O) groups is 4. The summed E-state index contributed by atoms with van der Waals surface area (Å²) in [5.41, 5.74) is 0.668. The molecule has 0 unspecified atom stereocenters. The van der Waals surface area contributed by atoms with E-state index in [9.17, 15) is 32.7 Å². The molecule has 4 amide bonds. The molecule has 1 aromatic heterocycles. The van der Waals surface area contributed by atoms with E-state index in [0.29, 0.717) is 53.8 Å². The lowest BCUT2D eigenvalue weighted by Crippen LogP contribution is -2.58. The van der Waals surface area contributed by atoms with E-state index < -0.39 is 62.8 Å². The van der Waals surface area contributed by atoms with Gasteiger partial charge in [0.2, 0.25) is 21.8 Å². The highest BCUT2D eigenvalue weighted by Crippen LogP contribution is 2.48. The molecule has 2 aliphatic carbocycles. The fourth-order valence-electron chi connectivity index (χ4n) is 8.04. The van der Waals surface area contributed by atoms with Crippen molar-refractivity contribution in [3.05, 3.63) is 54.6 Å². The zero-order chi connectivity index (χ0) is 38.0. The van der Waals surface area contributed by atoms with Crippen molar-refractivity contribution in [3.8, 4) is 22.8 Å². The maximum Gasteiger partial charge on any atom is 0.405 e. The Morgan fingerprint density at radius 3 is 2.41 bits per heavy atom. The summed E-state index contributed by atoms with van der Waals surface area (Å²) >= 11 is 0. The average Bonchev–Trinajstić information content (AvgIpc) is 3.65. The number of rotatable bonds is 8. The summed E-state index contributed by atoms with van der Waals surface area (Å²) in [6.45, 7) is -0.0337. The van der Waals surface area contributed by atoms with Crippen molar-refractivity contribution in [2.75, 3.05) is 13.7 Å². The molecule has 4 aliphatic rings. The molecular formula is C39H47N5O9S. The topological polar surface area (TPSA) is 193 Å². The number of fused-ring (bicyclic) bond motifs is 3. The minimum absolute atomic E-state index is 0.0337. The number of amides is 4. The number of pyridine rings is 1. The number of sulfonamides is 1. The highest BCUT2D eigenvalue weighted by Gasteiger charge is 2.62. The van der Waals surface area contributed by atoms with Crippen LogP contribution < -0.4 is 24.8 Å². The Morgan fingerprint density at radius 1 is 0.963 bits per heavy atom. The number of aromatic nitrogens is 1. The minimum atomic E-state index is -3.91. The van der Waals surface area contributed by atoms with Crippen molar-refractivity contribution in [3.63, 3.8) is 0 Å². The summed E-state index contributed by atoms with van der Waals surface area (Å²) in [5.74, 6) is -1.12. The lowest BCUT2D eigenvalue weighted by atomic mass is 10.0. The van der Waals surface area contributed by atoms with Gasteiger partial charge in [-0.25, -0.2) is 18.2 Å². The van der Waals surface area contributed by atoms with E-state index in [0.717, 1.165) is 37.7 Å². The molecule has 14 nitrogen and oxygen atoms in total. The van der Waals surface area contributed by atoms with Crippen molar-refractivity contribution >= 4 is 44.7 Å². The molecule has 4 N–H and O–H groups in total. The van der Waals surface area contributed by atoms with Crippen molar-refractivity contribution < 1.29 is 42.2 Å². The van der Waals surface area contributed by atoms with E-state index in [2.05, 4.69) is 15.4 Å². The maximum atomic E-state index is 14.4. The van der Waals surface area contributed by atoms with Crippen LogP contribution >= 0.6 is 0 Å². The molecule has 0 spiro atoms. The van der Waals surface area contributed by atoms with Gasteiger partial charge in [0.05, 0.1) is 30.1 Å². The van der Waals surface area contributed by atoms with Crippen molar-refractivity contribution in [1.29, 1.82) is 0 Å². The first-order valence-corrected chi connectivity index (χ1v) is 20.4. The lowest BCUT2D eigenvalue weighted by molar-refractivity contribution is -0.141. The average molecular weight is 762 g/mol. The number of nitrogens with zero attached hydrogens (tertiary/aromatic N) is 2. The highest BCUT2D eigenvalue weighted by atomic mass is 32.2. The smallest absolute Gasteiger partial charge is 0.405 e. The summed E-state index contributed by atoms with van der Waals surface area (Å²) in [6.07, 6.45) is 4.73. The third-order valence-electron chi connectivity index (χ3n) is 11.4. The van der Waals surface area contributed by atoms with E-state index in [-0.39, 0.29) is 31.7 Å². The van der Waals surface area contributed by atoms with E-state index in [1.165, 1.54) is 4.90 Å². The molecule has 2 saturated heterocycles. The first kappa shape index (κ1) is 37.4. The third kappa shape index (κ3) is 7.82. The van der Waals surface area contributed by atoms with Crippen LogP contribution in [-0.4, -0.2) is 89.9 Å². The van der Waals surface area contributed by atoms with Gasteiger partial charge in [0.15, 0.2) is 0 Å². The summed E-state index contributed by atoms with van der Waals surface area (Å²) < 4.78 is 40.5. The summed E-state index contributed by atoms with van der Waals surface area (Å²) in [5, 5.41) is 15.0. The molecule has 2 saturated carbocycles. The quantitative estimate of drug-likeness (QED) is 0.254. The first-order chi connectivity index (χ1) is 26.0. The van der Waals surface area contributed by atoms with Crippen LogP contribution in [0, 0.1) is 5.92 Å². The molecule has 54 heavy (non-hydrogen) atoms. The Bertz CT molecular complexity index is 2020. The predicted octanol–water partition coefficient (Wildman–Crippen LogP) is 4.51. The van der Waals surface area contributed by atoms with Gasteiger partial charge in [0, 0.05) is 29.5 Å². The Kier molecular flexibility index (Phi) is 10.7. The molecular weight excluding hydrogens is 715 g/mol. The summed E-state index contributed by atoms with van der Waals surface area (Å²) in [7, 11) is -2.35. The van der Waals surface area contributed by atoms with Gasteiger partial charge in [0.1, 0.15) is 35.2 Å². The molecule has 0 bridgehead atoms. The predicted molar refractivity (Wildman–Crippen MR) is 199 cm³/mol. The zero-order valence-electron chi connectivity index (χ0n) is 30.3. The largest absolute Gasteiger partial charge is 0.497 e. The van der Waals surface area contributed by atoms with Gasteiger partial charge in [0.25, 0.3) is 5.91 Å². The molecule has 7 rings (SSSR count). The Balaban J connectivity index is 1.21. The minimum Gasteiger partial charge on any atom is -0.497 e. The number of nitrogens with one attached hydrogen (secondary N) is 3. The zero-order valence-corrected chi connectivity index (χ0v) is 31.1. The second kappa shape index (κ2) is 15.4. The van der Waals surface area contributed by atoms with Crippen LogP contribution in [0.15, 0.2) is 54.6 Å². The number of methoxy groups -OCH3 is 1. The second-order valence-corrected chi connectivity index (χ2v) is 16.9. The van der Waals surface area contributed by atoms with Crippen LogP contribution in [-0.2, 0) is 24.4 Å². The number of hydrogen-bond donors (Lipinski definition) is 4. The van der Waals surface area contributed by atoms with Crippen LogP contribution in [0.5, 0.6) is 11.5 Å². The number of benzene rings is 2. The summed E-state index contributed by atoms with van der Waals surface area (Å²) in [4.78, 5) is 60.5. The molecule has 288 valence electrons. The monoisotopic (exact) mass is 761 g/mol. The fraction of sp³-hybridized carbons (Fsp3) is 0.513. The molecule has 3 heterocycles. The summed E-state index contributed by atoms with van der Waals surface area (Å²) in [6, 6.07) is 14.6. The highest BCUT2D eigenvalue weighted by molar-refractivity contribution is 7.90. The molecule has 0 radical (unpaired) electrons. The standard InChI is InChI=1S/C39H47N5O9S/c1-52-26-17-18-29-32(19-26)40-31(24-11-6-5-7-12-24)21-34(29)53-27-20-33-35(45)42-39(37(47)43-54(50,51)28-14-10-15-28)22-25(39)13-8-3-2-4-9-16-30(41-38(48)49)36(46)44(33)23-27/h5-7,11-12,17-19,21,25,27-28,30,33,41H,2-4,8-10,13-16,20,22-23H2,1H3,(H,42,45)(H,43,47)(H,48,49)/t25-,27-,30+,33+,39-/m1/s1. The van der Waals surface area contributed by atoms with Crippen LogP contribution in [0.3, 0.4) is 0 Å². The molecule has 5 atom stereocenters. The first-order valence-electron chi connectivity index (χ1n) is 18.9. The number of ether oxygens (including phenoxy) is 2. The number of hydrogen-bond acceptors (Lipinski definition) is 9. The van der Waals surface area contributed by atoms with Gasteiger partial charge < -0.3 is 30.1 Å². The second-order valence-electron chi connectivity index (χ2n) is 15.0. The molecule has 2 aromatic carbocycles. The normalized spacial score (nSPS) is 26.6. The van der Waals surface area contributed by atoms with E-state index >= 15 is 0 Å². The van der Waals surface area contributed by atoms with E-state index in [4.69, 9.17) is 14.5 Å². The Labute approximate surface area is 314 Å². The third-order valence-corrected chi connectivity index (χ3v) is 13.2. The van der Waals surface area contributed by atoms with Crippen LogP contribution in [0.2, 0.25) is 0 Å². The number of carboxylic acid groups (broad SMARTS) is 1. The van der Waals surface area contributed by atoms with Crippen molar-refractivity contribution in [1.82, 2.24) is 25.2 Å². The number of carbonyl (C=O) groups excluding carboxylic acids is 3. The van der Waals surface area contributed by atoms with Crippen LogP contribution in [0.25, 0.3) is 22.2 Å². The fourth-order valence-corrected chi connectivity index (χ4v) is 9.60. The van der Waals surface area contributed by atoms with Gasteiger partial charge in [-0.1, -0.05) is 68.9 Å². The van der Waals surface area contributed by atoms with Gasteiger partial charge >= 0.3 is 6.09 Å². The molecule has 2 aliphatic heterocycles. The maximum absolute atomic E-state index is 14.4. The molecule has 15 heteroatoms. The Morgan fingerprint density at radius 2 is 1.70 bits per heavy atom. The molecule has 4 fully saturated rings. The van der Waals surface area contributed by atoms with E-state index in [1.807, 2.05) is 42.5 Å². The van der Waals surface area contributed by atoms with Gasteiger partial charge in [-0.15, -0.1) is 0 Å².